The Bertz CT molecular complexity index is 936. The molecule has 0 saturated carbocycles. The summed E-state index contributed by atoms with van der Waals surface area (Å²) in [5.74, 6) is 0.590. The molecule has 180 valence electrons. The van der Waals surface area contributed by atoms with Crippen molar-refractivity contribution in [1.29, 1.82) is 0 Å². The normalized spacial score (nSPS) is 9.88. The maximum absolute atomic E-state index is 11.4. The van der Waals surface area contributed by atoms with Crippen molar-refractivity contribution in [3.63, 3.8) is 0 Å². The summed E-state index contributed by atoms with van der Waals surface area (Å²) in [7, 11) is 0. The second-order valence-corrected chi connectivity index (χ2v) is 9.27. The first-order valence-electron chi connectivity index (χ1n) is 11.3. The van der Waals surface area contributed by atoms with E-state index < -0.39 is 0 Å². The number of hydrogen-bond donors (Lipinski definition) is 0. The summed E-state index contributed by atoms with van der Waals surface area (Å²) in [6.07, 6.45) is 0. The van der Waals surface area contributed by atoms with Crippen LogP contribution in [0.15, 0.2) is 18.2 Å². The zero-order valence-corrected chi connectivity index (χ0v) is 24.2. The molecule has 0 aliphatic carbocycles. The summed E-state index contributed by atoms with van der Waals surface area (Å²) < 4.78 is 0. The average molecular weight is 475 g/mol. The molecule has 0 unspecified atom stereocenters. The predicted molar refractivity (Wildman–Crippen MR) is 140 cm³/mol. The van der Waals surface area contributed by atoms with Gasteiger partial charge < -0.3 is 15.3 Å². The van der Waals surface area contributed by atoms with Gasteiger partial charge in [-0.05, 0) is 116 Å². The van der Waals surface area contributed by atoms with Gasteiger partial charge in [0.25, 0.3) is 0 Å². The second kappa shape index (κ2) is 12.9. The Morgan fingerprint density at radius 2 is 0.441 bits per heavy atom. The molecule has 3 aromatic carbocycles. The van der Waals surface area contributed by atoms with Gasteiger partial charge in [-0.1, -0.05) is 51.6 Å². The minimum absolute atomic E-state index is 0. The van der Waals surface area contributed by atoms with Crippen molar-refractivity contribution in [2.24, 2.45) is 0 Å². The molecule has 3 rings (SSSR count). The number of hydrogen-bond acceptors (Lipinski definition) is 3. The van der Waals surface area contributed by atoms with Crippen molar-refractivity contribution < 1.29 is 15.3 Å². The molecule has 4 heteroatoms. The summed E-state index contributed by atoms with van der Waals surface area (Å²) in [6, 6.07) is 6.18. The SMILES string of the molecule is Cc1cc(C)c(C)c([O-])c1C.Cc1cc(C)c(C)c([O-])c1C.Cc1cc(C)c(C)c([O-])c1C.[Al+3]. The molecule has 0 saturated heterocycles. The first-order chi connectivity index (χ1) is 15.1. The van der Waals surface area contributed by atoms with Gasteiger partial charge in [0, 0.05) is 0 Å². The van der Waals surface area contributed by atoms with Gasteiger partial charge >= 0.3 is 17.4 Å². The fourth-order valence-corrected chi connectivity index (χ4v) is 3.54. The monoisotopic (exact) mass is 474 g/mol. The van der Waals surface area contributed by atoms with Crippen molar-refractivity contribution >= 4 is 17.4 Å². The molecule has 0 bridgehead atoms. The van der Waals surface area contributed by atoms with Crippen molar-refractivity contribution in [2.45, 2.75) is 83.1 Å². The average Bonchev–Trinajstić information content (AvgIpc) is 2.77. The molecule has 0 radical (unpaired) electrons. The quantitative estimate of drug-likeness (QED) is 0.398. The van der Waals surface area contributed by atoms with E-state index in [0.29, 0.717) is 0 Å². The minimum atomic E-state index is 0. The maximum Gasteiger partial charge on any atom is 3.00 e. The predicted octanol–water partition coefficient (Wildman–Crippen LogP) is 5.60. The van der Waals surface area contributed by atoms with E-state index in [-0.39, 0.29) is 34.6 Å². The van der Waals surface area contributed by atoms with E-state index in [2.05, 4.69) is 18.2 Å². The van der Waals surface area contributed by atoms with Gasteiger partial charge in [-0.3, -0.25) is 0 Å². The van der Waals surface area contributed by atoms with E-state index in [1.165, 1.54) is 0 Å². The molecular formula is C30H39AlO3. The first kappa shape index (κ1) is 31.6. The molecule has 0 N–H and O–H groups in total. The van der Waals surface area contributed by atoms with E-state index in [0.717, 1.165) is 66.8 Å². The van der Waals surface area contributed by atoms with E-state index >= 15 is 0 Å². The zero-order valence-electron chi connectivity index (χ0n) is 23.0. The topological polar surface area (TPSA) is 69.2 Å². The molecule has 34 heavy (non-hydrogen) atoms. The molecule has 3 nitrogen and oxygen atoms in total. The van der Waals surface area contributed by atoms with Crippen LogP contribution in [0.5, 0.6) is 17.2 Å². The fourth-order valence-electron chi connectivity index (χ4n) is 3.54. The summed E-state index contributed by atoms with van der Waals surface area (Å²) >= 11 is 0. The van der Waals surface area contributed by atoms with Crippen LogP contribution in [0, 0.1) is 83.1 Å². The second-order valence-electron chi connectivity index (χ2n) is 9.27. The Labute approximate surface area is 217 Å². The van der Waals surface area contributed by atoms with Crippen LogP contribution < -0.4 is 15.3 Å². The Morgan fingerprint density at radius 3 is 0.559 bits per heavy atom. The summed E-state index contributed by atoms with van der Waals surface area (Å²) in [5, 5.41) is 34.2. The van der Waals surface area contributed by atoms with E-state index in [9.17, 15) is 15.3 Å². The van der Waals surface area contributed by atoms with E-state index in [4.69, 9.17) is 0 Å². The molecule has 0 atom stereocenters. The third-order valence-corrected chi connectivity index (χ3v) is 6.89. The Kier molecular flexibility index (Phi) is 12.0. The first-order valence-corrected chi connectivity index (χ1v) is 11.3. The third kappa shape index (κ3) is 7.29. The standard InChI is InChI=1S/3C10H14O.Al/c3*1-6-5-7(2)9(4)10(11)8(6)3;/h3*5,11H,1-4H3;/q;;;+3/p-3. The smallest absolute Gasteiger partial charge is 0.872 e. The maximum atomic E-state index is 11.4. The van der Waals surface area contributed by atoms with Crippen LogP contribution in [0.2, 0.25) is 0 Å². The molecule has 0 aliphatic heterocycles. The van der Waals surface area contributed by atoms with Gasteiger partial charge in [0.15, 0.2) is 0 Å². The van der Waals surface area contributed by atoms with Crippen LogP contribution in [0.25, 0.3) is 0 Å². The number of rotatable bonds is 0. The van der Waals surface area contributed by atoms with Crippen LogP contribution in [0.1, 0.15) is 66.8 Å². The van der Waals surface area contributed by atoms with Crippen molar-refractivity contribution in [2.75, 3.05) is 0 Å². The van der Waals surface area contributed by atoms with Crippen molar-refractivity contribution in [3.8, 4) is 17.2 Å². The van der Waals surface area contributed by atoms with Gasteiger partial charge in [0.2, 0.25) is 0 Å². The van der Waals surface area contributed by atoms with Crippen LogP contribution in [-0.4, -0.2) is 17.4 Å². The fraction of sp³-hybridized carbons (Fsp3) is 0.400. The van der Waals surface area contributed by atoms with E-state index in [1.807, 2.05) is 83.1 Å². The Hall–Kier alpha value is -2.41. The van der Waals surface area contributed by atoms with Crippen LogP contribution in [0.4, 0.5) is 0 Å². The van der Waals surface area contributed by atoms with Crippen molar-refractivity contribution in [1.82, 2.24) is 0 Å². The van der Waals surface area contributed by atoms with Crippen LogP contribution >= 0.6 is 0 Å². The molecule has 0 aromatic heterocycles. The Morgan fingerprint density at radius 1 is 0.324 bits per heavy atom. The van der Waals surface area contributed by atoms with Gasteiger partial charge in [0.05, 0.1) is 0 Å². The molecule has 0 spiro atoms. The summed E-state index contributed by atoms with van der Waals surface area (Å²) in [4.78, 5) is 0. The minimum Gasteiger partial charge on any atom is -0.872 e. The molecule has 0 fully saturated rings. The summed E-state index contributed by atoms with van der Waals surface area (Å²) in [5.41, 5.74) is 11.9. The van der Waals surface area contributed by atoms with Crippen LogP contribution in [-0.2, 0) is 0 Å². The third-order valence-electron chi connectivity index (χ3n) is 6.89. The van der Waals surface area contributed by atoms with Gasteiger partial charge in [-0.25, -0.2) is 0 Å². The Balaban J connectivity index is 0.000000473. The molecule has 0 amide bonds. The van der Waals surface area contributed by atoms with E-state index in [1.54, 1.807) is 0 Å². The molecule has 3 aromatic rings. The number of benzene rings is 3. The molecular weight excluding hydrogens is 435 g/mol. The van der Waals surface area contributed by atoms with Gasteiger partial charge in [0.1, 0.15) is 0 Å². The largest absolute Gasteiger partial charge is 3.00 e. The van der Waals surface area contributed by atoms with Crippen molar-refractivity contribution in [3.05, 3.63) is 85.0 Å². The zero-order chi connectivity index (χ0) is 25.8. The molecule has 0 heterocycles. The van der Waals surface area contributed by atoms with Gasteiger partial charge in [-0.15, -0.1) is 17.2 Å². The number of aryl methyl sites for hydroxylation is 6. The van der Waals surface area contributed by atoms with Gasteiger partial charge in [-0.2, -0.15) is 0 Å². The summed E-state index contributed by atoms with van der Waals surface area (Å²) in [6.45, 7) is 23.1. The van der Waals surface area contributed by atoms with Crippen LogP contribution in [0.3, 0.4) is 0 Å². The molecule has 0 aliphatic rings.